The second kappa shape index (κ2) is 8.42. The van der Waals surface area contributed by atoms with Crippen LogP contribution in [0.25, 0.3) is 0 Å². The van der Waals surface area contributed by atoms with Gasteiger partial charge in [-0.3, -0.25) is 10.1 Å². The topological polar surface area (TPSA) is 61.6 Å². The number of nitrogens with zero attached hydrogens (tertiary/aromatic N) is 1. The summed E-state index contributed by atoms with van der Waals surface area (Å²) in [6, 6.07) is 12.0. The Hall–Kier alpha value is -1.22. The number of rotatable bonds is 6. The highest BCUT2D eigenvalue weighted by Gasteiger charge is 2.40. The van der Waals surface area contributed by atoms with E-state index in [1.165, 1.54) is 12.1 Å². The molecule has 0 N–H and O–H groups in total. The molecule has 0 heterocycles. The number of para-hydroxylation sites is 1. The van der Waals surface area contributed by atoms with Crippen LogP contribution >= 0.6 is 31.9 Å². The Balaban J connectivity index is 2.43. The molecule has 0 saturated carbocycles. The molecule has 146 valence electrons. The molecule has 0 amide bonds. The average molecular weight is 517 g/mol. The van der Waals surface area contributed by atoms with E-state index in [2.05, 4.69) is 65.7 Å². The quantitative estimate of drug-likeness (QED) is 0.176. The minimum atomic E-state index is -2.16. The molecule has 1 atom stereocenters. The Morgan fingerprint density at radius 3 is 2.00 bits per heavy atom. The lowest BCUT2D eigenvalue weighted by Gasteiger charge is -2.39. The molecule has 0 aliphatic rings. The predicted molar refractivity (Wildman–Crippen MR) is 117 cm³/mol. The van der Waals surface area contributed by atoms with E-state index in [9.17, 15) is 10.1 Å². The van der Waals surface area contributed by atoms with Gasteiger partial charge in [0, 0.05) is 17.7 Å². The molecule has 8 heteroatoms. The molecule has 0 aromatic heterocycles. The van der Waals surface area contributed by atoms with Crippen molar-refractivity contribution >= 4 is 45.9 Å². The minimum Gasteiger partial charge on any atom is -0.459 e. The SMILES string of the molecule is CC(C)(C)[Si](C)(C)OC(Oc1c(Br)cccc1Br)c1ccc([N+](=O)[O-])cc1. The Bertz CT molecular complexity index is 799. The van der Waals surface area contributed by atoms with Crippen molar-refractivity contribution in [3.05, 3.63) is 67.1 Å². The van der Waals surface area contributed by atoms with Crippen molar-refractivity contribution in [3.8, 4) is 5.75 Å². The van der Waals surface area contributed by atoms with Crippen LogP contribution in [0, 0.1) is 10.1 Å². The smallest absolute Gasteiger partial charge is 0.269 e. The third-order valence-electron chi connectivity index (χ3n) is 4.73. The Kier molecular flexibility index (Phi) is 6.89. The van der Waals surface area contributed by atoms with Gasteiger partial charge in [-0.15, -0.1) is 0 Å². The van der Waals surface area contributed by atoms with Gasteiger partial charge in [-0.25, -0.2) is 0 Å². The van der Waals surface area contributed by atoms with Crippen LogP contribution in [0.4, 0.5) is 5.69 Å². The van der Waals surface area contributed by atoms with Gasteiger partial charge in [0.15, 0.2) is 14.1 Å². The van der Waals surface area contributed by atoms with Gasteiger partial charge in [-0.2, -0.15) is 0 Å². The first kappa shape index (κ1) is 22.1. The van der Waals surface area contributed by atoms with Crippen LogP contribution < -0.4 is 4.74 Å². The van der Waals surface area contributed by atoms with Crippen molar-refractivity contribution in [1.29, 1.82) is 0 Å². The monoisotopic (exact) mass is 515 g/mol. The number of non-ortho nitro benzene ring substituents is 1. The number of nitro benzene ring substituents is 1. The fourth-order valence-electron chi connectivity index (χ4n) is 2.06. The summed E-state index contributed by atoms with van der Waals surface area (Å²) in [6.45, 7) is 10.7. The lowest BCUT2D eigenvalue weighted by atomic mass is 10.2. The van der Waals surface area contributed by atoms with Gasteiger partial charge >= 0.3 is 0 Å². The number of hydrogen-bond acceptors (Lipinski definition) is 4. The maximum atomic E-state index is 11.0. The Labute approximate surface area is 177 Å². The minimum absolute atomic E-state index is 0.0134. The molecule has 0 bridgehead atoms. The fourth-order valence-corrected chi connectivity index (χ4v) is 4.32. The van der Waals surface area contributed by atoms with Crippen LogP contribution in [0.2, 0.25) is 18.1 Å². The third kappa shape index (κ3) is 5.40. The standard InChI is InChI=1S/C19H23Br2NO4Si/c1-19(2,3)27(4,5)26-18(13-9-11-14(12-10-13)22(23)24)25-17-15(20)7-6-8-16(17)21/h6-12,18H,1-5H3. The first-order valence-corrected chi connectivity index (χ1v) is 12.9. The largest absolute Gasteiger partial charge is 0.459 e. The van der Waals surface area contributed by atoms with E-state index in [-0.39, 0.29) is 10.7 Å². The zero-order valence-corrected chi connectivity index (χ0v) is 20.1. The molecule has 0 aliphatic heterocycles. The van der Waals surface area contributed by atoms with Crippen LogP contribution in [-0.2, 0) is 4.43 Å². The molecule has 0 saturated heterocycles. The van der Waals surface area contributed by atoms with Crippen LogP contribution in [0.5, 0.6) is 5.75 Å². The normalized spacial score (nSPS) is 13.3. The average Bonchev–Trinajstić information content (AvgIpc) is 2.56. The second-order valence-corrected chi connectivity index (χ2v) is 14.2. The van der Waals surface area contributed by atoms with E-state index in [1.807, 2.05) is 18.2 Å². The van der Waals surface area contributed by atoms with Crippen LogP contribution in [0.3, 0.4) is 0 Å². The van der Waals surface area contributed by atoms with E-state index < -0.39 is 19.5 Å². The van der Waals surface area contributed by atoms with Crippen LogP contribution in [-0.4, -0.2) is 13.2 Å². The van der Waals surface area contributed by atoms with E-state index in [0.717, 1.165) is 14.5 Å². The first-order valence-electron chi connectivity index (χ1n) is 8.45. The molecule has 0 spiro atoms. The molecule has 0 radical (unpaired) electrons. The van der Waals surface area contributed by atoms with E-state index in [0.29, 0.717) is 5.75 Å². The highest BCUT2D eigenvalue weighted by molar-refractivity contribution is 9.11. The lowest BCUT2D eigenvalue weighted by molar-refractivity contribution is -0.384. The summed E-state index contributed by atoms with van der Waals surface area (Å²) in [5, 5.41) is 10.9. The van der Waals surface area contributed by atoms with Gasteiger partial charge in [-0.05, 0) is 74.3 Å². The van der Waals surface area contributed by atoms with Crippen molar-refractivity contribution in [1.82, 2.24) is 0 Å². The highest BCUT2D eigenvalue weighted by Crippen LogP contribution is 2.42. The van der Waals surface area contributed by atoms with E-state index >= 15 is 0 Å². The molecule has 0 aliphatic carbocycles. The van der Waals surface area contributed by atoms with Crippen LogP contribution in [0.15, 0.2) is 51.4 Å². The van der Waals surface area contributed by atoms with Gasteiger partial charge in [0.1, 0.15) is 0 Å². The van der Waals surface area contributed by atoms with Crippen molar-refractivity contribution < 1.29 is 14.1 Å². The molecular formula is C19H23Br2NO4Si. The van der Waals surface area contributed by atoms with E-state index in [1.54, 1.807) is 12.1 Å². The summed E-state index contributed by atoms with van der Waals surface area (Å²) in [7, 11) is -2.16. The summed E-state index contributed by atoms with van der Waals surface area (Å²) in [5.74, 6) is 0.625. The Morgan fingerprint density at radius 2 is 1.56 bits per heavy atom. The molecule has 1 unspecified atom stereocenters. The van der Waals surface area contributed by atoms with E-state index in [4.69, 9.17) is 9.16 Å². The summed E-state index contributed by atoms with van der Waals surface area (Å²) >= 11 is 7.02. The van der Waals surface area contributed by atoms with Crippen molar-refractivity contribution in [2.24, 2.45) is 0 Å². The van der Waals surface area contributed by atoms with Gasteiger partial charge in [0.25, 0.3) is 5.69 Å². The van der Waals surface area contributed by atoms with Crippen molar-refractivity contribution in [3.63, 3.8) is 0 Å². The molecule has 2 aromatic carbocycles. The summed E-state index contributed by atoms with van der Waals surface area (Å²) in [4.78, 5) is 10.5. The zero-order valence-electron chi connectivity index (χ0n) is 16.0. The second-order valence-electron chi connectivity index (χ2n) is 7.73. The number of halogens is 2. The first-order chi connectivity index (χ1) is 12.4. The molecule has 2 rings (SSSR count). The number of ether oxygens (including phenoxy) is 1. The molecular weight excluding hydrogens is 494 g/mol. The highest BCUT2D eigenvalue weighted by atomic mass is 79.9. The predicted octanol–water partition coefficient (Wildman–Crippen LogP) is 7.22. The summed E-state index contributed by atoms with van der Waals surface area (Å²) < 4.78 is 14.3. The maximum absolute atomic E-state index is 11.0. The van der Waals surface area contributed by atoms with Crippen molar-refractivity contribution in [2.75, 3.05) is 0 Å². The fraction of sp³-hybridized carbons (Fsp3) is 0.368. The number of hydrogen-bond donors (Lipinski definition) is 0. The number of nitro groups is 1. The molecule has 27 heavy (non-hydrogen) atoms. The molecule has 5 nitrogen and oxygen atoms in total. The van der Waals surface area contributed by atoms with Crippen molar-refractivity contribution in [2.45, 2.75) is 45.2 Å². The molecule has 0 fully saturated rings. The van der Waals surface area contributed by atoms with Crippen LogP contribution in [0.1, 0.15) is 32.6 Å². The van der Waals surface area contributed by atoms with Gasteiger partial charge in [-0.1, -0.05) is 26.8 Å². The van der Waals surface area contributed by atoms with Gasteiger partial charge < -0.3 is 9.16 Å². The zero-order chi connectivity index (χ0) is 20.4. The summed E-state index contributed by atoms with van der Waals surface area (Å²) in [6.07, 6.45) is -0.679. The maximum Gasteiger partial charge on any atom is 0.269 e. The third-order valence-corrected chi connectivity index (χ3v) is 10.4. The number of benzene rings is 2. The lowest BCUT2D eigenvalue weighted by Crippen LogP contribution is -2.42. The van der Waals surface area contributed by atoms with Gasteiger partial charge in [0.2, 0.25) is 6.29 Å². The molecule has 2 aromatic rings. The summed E-state index contributed by atoms with van der Waals surface area (Å²) in [5.41, 5.74) is 0.764. The Morgan fingerprint density at radius 1 is 1.04 bits per heavy atom. The van der Waals surface area contributed by atoms with Gasteiger partial charge in [0.05, 0.1) is 13.9 Å².